The molecule has 2 aromatic heterocycles. The molecule has 0 amide bonds. The van der Waals surface area contributed by atoms with Gasteiger partial charge in [0.25, 0.3) is 0 Å². The summed E-state index contributed by atoms with van der Waals surface area (Å²) in [6.45, 7) is 24.6. The van der Waals surface area contributed by atoms with E-state index >= 15 is 0 Å². The number of nitrogens with one attached hydrogen (secondary N) is 2. The fourth-order valence-electron chi connectivity index (χ4n) is 4.40. The van der Waals surface area contributed by atoms with Crippen LogP contribution < -0.4 is 15.9 Å². The molecule has 5 nitrogen and oxygen atoms in total. The molecule has 2 aromatic rings. The van der Waals surface area contributed by atoms with E-state index in [1.165, 1.54) is 30.5 Å². The fraction of sp³-hybridized carbons (Fsp3) is 0.500. The minimum absolute atomic E-state index is 0.446. The predicted octanol–water partition coefficient (Wildman–Crippen LogP) is 4.48. The van der Waals surface area contributed by atoms with E-state index in [0.717, 1.165) is 60.4 Å². The standard InChI is InChI=1S/C24H33N5.C2H6/c1-6-19(7-2)21-14-22(26-17(21)3)18(4)28-11-12-29-20(15-28)13-23(27-29)25-16-24(5)9-8-10-24;1-2/h6,13-14,26H,1,3-4,7-12,15-16H2,2,5H3,(H,25,27);1-2H3/b21-19+;. The van der Waals surface area contributed by atoms with E-state index in [2.05, 4.69) is 65.6 Å². The SMILES string of the molecule is C=C/C(CC)=c1/cc(C(=C)N2CCn3nc(NCC4(C)CCC4)cc3C2)[nH]c1=C.CC. The van der Waals surface area contributed by atoms with Crippen molar-refractivity contribution in [3.05, 3.63) is 53.3 Å². The van der Waals surface area contributed by atoms with Gasteiger partial charge in [-0.15, -0.1) is 0 Å². The Morgan fingerprint density at radius 2 is 2.03 bits per heavy atom. The van der Waals surface area contributed by atoms with Gasteiger partial charge in [-0.2, -0.15) is 5.10 Å². The third-order valence-corrected chi connectivity index (χ3v) is 6.62. The van der Waals surface area contributed by atoms with Crippen LogP contribution in [0, 0.1) is 5.41 Å². The first-order valence-corrected chi connectivity index (χ1v) is 11.7. The first kappa shape index (κ1) is 23.0. The second-order valence-electron chi connectivity index (χ2n) is 8.79. The average molecular weight is 422 g/mol. The molecule has 0 saturated heterocycles. The normalized spacial score (nSPS) is 17.6. The number of hydrogen-bond donors (Lipinski definition) is 2. The molecule has 0 radical (unpaired) electrons. The van der Waals surface area contributed by atoms with Crippen LogP contribution in [0.1, 0.15) is 64.8 Å². The van der Waals surface area contributed by atoms with Gasteiger partial charge in [0.05, 0.1) is 30.2 Å². The summed E-state index contributed by atoms with van der Waals surface area (Å²) in [7, 11) is 0. The highest BCUT2D eigenvalue weighted by Crippen LogP contribution is 2.40. The van der Waals surface area contributed by atoms with Crippen molar-refractivity contribution < 1.29 is 0 Å². The molecule has 1 saturated carbocycles. The summed E-state index contributed by atoms with van der Waals surface area (Å²) in [5.74, 6) is 0.996. The fourth-order valence-corrected chi connectivity index (χ4v) is 4.40. The van der Waals surface area contributed by atoms with Gasteiger partial charge in [-0.05, 0) is 36.3 Å². The summed E-state index contributed by atoms with van der Waals surface area (Å²) in [6, 6.07) is 4.35. The summed E-state index contributed by atoms with van der Waals surface area (Å²) in [4.78, 5) is 5.74. The summed E-state index contributed by atoms with van der Waals surface area (Å²) in [5.41, 5.74) is 4.92. The van der Waals surface area contributed by atoms with Crippen molar-refractivity contribution in [3.8, 4) is 0 Å². The Morgan fingerprint density at radius 1 is 1.29 bits per heavy atom. The molecule has 0 spiro atoms. The van der Waals surface area contributed by atoms with E-state index in [0.29, 0.717) is 5.41 Å². The van der Waals surface area contributed by atoms with E-state index in [4.69, 9.17) is 5.10 Å². The van der Waals surface area contributed by atoms with Crippen LogP contribution in [0.4, 0.5) is 5.82 Å². The number of hydrogen-bond acceptors (Lipinski definition) is 3. The van der Waals surface area contributed by atoms with E-state index in [1.54, 1.807) is 0 Å². The number of nitrogens with zero attached hydrogens (tertiary/aromatic N) is 3. The topological polar surface area (TPSA) is 48.9 Å². The third-order valence-electron chi connectivity index (χ3n) is 6.62. The molecule has 0 bridgehead atoms. The molecule has 2 aliphatic rings. The Bertz CT molecular complexity index is 1030. The second kappa shape index (κ2) is 9.63. The minimum Gasteiger partial charge on any atom is -0.368 e. The summed E-state index contributed by atoms with van der Waals surface area (Å²) in [6.07, 6.45) is 6.85. The Morgan fingerprint density at radius 3 is 2.65 bits per heavy atom. The van der Waals surface area contributed by atoms with Gasteiger partial charge in [0, 0.05) is 29.7 Å². The Hall–Kier alpha value is -2.69. The predicted molar refractivity (Wildman–Crippen MR) is 133 cm³/mol. The zero-order chi connectivity index (χ0) is 22.6. The van der Waals surface area contributed by atoms with Gasteiger partial charge < -0.3 is 15.2 Å². The van der Waals surface area contributed by atoms with E-state index in [9.17, 15) is 0 Å². The molecule has 168 valence electrons. The molecule has 0 aromatic carbocycles. The molecule has 2 N–H and O–H groups in total. The second-order valence-corrected chi connectivity index (χ2v) is 8.79. The lowest BCUT2D eigenvalue weighted by molar-refractivity contribution is 0.179. The van der Waals surface area contributed by atoms with E-state index in [1.807, 2.05) is 19.9 Å². The van der Waals surface area contributed by atoms with Crippen LogP contribution in [-0.4, -0.2) is 32.8 Å². The number of anilines is 1. The number of fused-ring (bicyclic) bond motifs is 1. The van der Waals surface area contributed by atoms with Crippen LogP contribution in [-0.2, 0) is 13.1 Å². The lowest BCUT2D eigenvalue weighted by Gasteiger charge is -2.38. The molecule has 31 heavy (non-hydrogen) atoms. The quantitative estimate of drug-likeness (QED) is 0.693. The lowest BCUT2D eigenvalue weighted by Crippen LogP contribution is -2.33. The number of aromatic nitrogens is 3. The molecule has 4 rings (SSSR count). The molecule has 1 fully saturated rings. The van der Waals surface area contributed by atoms with Gasteiger partial charge in [-0.1, -0.05) is 59.9 Å². The first-order valence-electron chi connectivity index (χ1n) is 11.7. The van der Waals surface area contributed by atoms with Gasteiger partial charge >= 0.3 is 0 Å². The van der Waals surface area contributed by atoms with Crippen LogP contribution in [0.2, 0.25) is 0 Å². The van der Waals surface area contributed by atoms with Crippen LogP contribution in [0.15, 0.2) is 31.4 Å². The molecule has 3 heterocycles. The van der Waals surface area contributed by atoms with Gasteiger partial charge in [-0.3, -0.25) is 4.68 Å². The number of rotatable bonds is 7. The van der Waals surface area contributed by atoms with E-state index < -0.39 is 0 Å². The largest absolute Gasteiger partial charge is 0.368 e. The molecule has 1 aliphatic heterocycles. The minimum atomic E-state index is 0.446. The molecule has 5 heteroatoms. The highest BCUT2D eigenvalue weighted by molar-refractivity contribution is 5.62. The molecule has 1 aliphatic carbocycles. The Labute approximate surface area is 187 Å². The number of aromatic amines is 1. The first-order chi connectivity index (χ1) is 14.9. The maximum Gasteiger partial charge on any atom is 0.148 e. The molecule has 0 unspecified atom stereocenters. The van der Waals surface area contributed by atoms with Crippen LogP contribution in [0.3, 0.4) is 0 Å². The zero-order valence-corrected chi connectivity index (χ0v) is 19.9. The van der Waals surface area contributed by atoms with Crippen molar-refractivity contribution in [2.24, 2.45) is 5.41 Å². The van der Waals surface area contributed by atoms with Crippen LogP contribution in [0.25, 0.3) is 17.8 Å². The van der Waals surface area contributed by atoms with Crippen LogP contribution >= 0.6 is 0 Å². The van der Waals surface area contributed by atoms with Crippen molar-refractivity contribution in [2.45, 2.75) is 66.5 Å². The lowest BCUT2D eigenvalue weighted by atomic mass is 9.70. The van der Waals surface area contributed by atoms with Crippen molar-refractivity contribution in [1.29, 1.82) is 0 Å². The smallest absolute Gasteiger partial charge is 0.148 e. The number of allylic oxidation sites excluding steroid dienone is 1. The summed E-state index contributed by atoms with van der Waals surface area (Å²) in [5, 5.41) is 10.4. The van der Waals surface area contributed by atoms with Crippen molar-refractivity contribution >= 4 is 23.7 Å². The number of H-pyrrole nitrogens is 1. The van der Waals surface area contributed by atoms with Gasteiger partial charge in [0.2, 0.25) is 0 Å². The summed E-state index contributed by atoms with van der Waals surface area (Å²) < 4.78 is 2.13. The van der Waals surface area contributed by atoms with Gasteiger partial charge in [-0.25, -0.2) is 0 Å². The van der Waals surface area contributed by atoms with E-state index in [-0.39, 0.29) is 0 Å². The Kier molecular flexibility index (Phi) is 7.14. The zero-order valence-electron chi connectivity index (χ0n) is 19.9. The van der Waals surface area contributed by atoms with Gasteiger partial charge in [0.1, 0.15) is 5.82 Å². The Balaban J connectivity index is 0.00000132. The average Bonchev–Trinajstić information content (AvgIpc) is 3.35. The monoisotopic (exact) mass is 421 g/mol. The summed E-state index contributed by atoms with van der Waals surface area (Å²) >= 11 is 0. The van der Waals surface area contributed by atoms with Crippen molar-refractivity contribution in [1.82, 2.24) is 19.7 Å². The third kappa shape index (κ3) is 4.81. The molecule has 0 atom stereocenters. The van der Waals surface area contributed by atoms with Gasteiger partial charge in [0.15, 0.2) is 0 Å². The maximum atomic E-state index is 4.76. The maximum absolute atomic E-state index is 4.76. The van der Waals surface area contributed by atoms with Crippen LogP contribution in [0.5, 0.6) is 0 Å². The van der Waals surface area contributed by atoms with Crippen molar-refractivity contribution in [3.63, 3.8) is 0 Å². The highest BCUT2D eigenvalue weighted by Gasteiger charge is 2.31. The van der Waals surface area contributed by atoms with Crippen molar-refractivity contribution in [2.75, 3.05) is 18.4 Å². The highest BCUT2D eigenvalue weighted by atomic mass is 15.4. The molecular weight excluding hydrogens is 382 g/mol. The molecular formula is C26H39N5.